The van der Waals surface area contributed by atoms with Gasteiger partial charge in [-0.3, -0.25) is 10.1 Å². The van der Waals surface area contributed by atoms with E-state index in [4.69, 9.17) is 16.3 Å². The van der Waals surface area contributed by atoms with Crippen molar-refractivity contribution in [2.75, 3.05) is 0 Å². The summed E-state index contributed by atoms with van der Waals surface area (Å²) in [6.45, 7) is 0. The summed E-state index contributed by atoms with van der Waals surface area (Å²) in [5.74, 6) is -0.683. The molecule has 0 atom stereocenters. The van der Waals surface area contributed by atoms with Gasteiger partial charge < -0.3 is 4.74 Å². The van der Waals surface area contributed by atoms with Crippen LogP contribution in [0.15, 0.2) is 44.8 Å². The Morgan fingerprint density at radius 2 is 2.17 bits per heavy atom. The predicted molar refractivity (Wildman–Crippen MR) is 90.7 cm³/mol. The lowest BCUT2D eigenvalue weighted by Gasteiger charge is -2.02. The van der Waals surface area contributed by atoms with Gasteiger partial charge in [0.15, 0.2) is 5.70 Å². The summed E-state index contributed by atoms with van der Waals surface area (Å²) in [7, 11) is 0. The lowest BCUT2D eigenvalue weighted by Crippen LogP contribution is -2.06. The molecule has 0 N–H and O–H groups in total. The van der Waals surface area contributed by atoms with Crippen LogP contribution in [0.25, 0.3) is 6.08 Å². The number of thiophene rings is 1. The quantitative estimate of drug-likeness (QED) is 0.323. The zero-order valence-electron chi connectivity index (χ0n) is 11.2. The number of halogens is 2. The molecule has 9 heteroatoms. The average molecular weight is 414 g/mol. The van der Waals surface area contributed by atoms with Crippen LogP contribution >= 0.6 is 38.9 Å². The lowest BCUT2D eigenvalue weighted by atomic mass is 10.2. The molecule has 1 aromatic heterocycles. The third-order valence-electron chi connectivity index (χ3n) is 2.88. The largest absolute Gasteiger partial charge is 0.402 e. The highest BCUT2D eigenvalue weighted by molar-refractivity contribution is 9.10. The van der Waals surface area contributed by atoms with Crippen LogP contribution in [0, 0.1) is 10.1 Å². The normalized spacial score (nSPS) is 15.7. The maximum Gasteiger partial charge on any atom is 0.363 e. The van der Waals surface area contributed by atoms with Crippen LogP contribution in [0.3, 0.4) is 0 Å². The van der Waals surface area contributed by atoms with Crippen LogP contribution < -0.4 is 0 Å². The van der Waals surface area contributed by atoms with Gasteiger partial charge in [-0.1, -0.05) is 11.6 Å². The van der Waals surface area contributed by atoms with Gasteiger partial charge in [0.2, 0.25) is 5.90 Å². The fraction of sp³-hybridized carbons (Fsp3) is 0. The Labute approximate surface area is 147 Å². The van der Waals surface area contributed by atoms with Gasteiger partial charge in [0.25, 0.3) is 5.69 Å². The summed E-state index contributed by atoms with van der Waals surface area (Å²) in [6, 6.07) is 5.68. The molecule has 1 aliphatic heterocycles. The van der Waals surface area contributed by atoms with E-state index in [9.17, 15) is 14.9 Å². The minimum absolute atomic E-state index is 0.0504. The summed E-state index contributed by atoms with van der Waals surface area (Å²) in [5, 5.41) is 12.9. The fourth-order valence-corrected chi connectivity index (χ4v) is 3.42. The monoisotopic (exact) mass is 412 g/mol. The standard InChI is InChI=1S/C14H6BrClN2O4S/c15-7-3-9(23-6-7)5-12-14(19)22-13(17-12)10-4-8(18(20)21)1-2-11(10)16/h1-6H. The van der Waals surface area contributed by atoms with Gasteiger partial charge in [-0.05, 0) is 34.1 Å². The summed E-state index contributed by atoms with van der Waals surface area (Å²) in [6.07, 6.45) is 1.58. The number of carbonyl (C=O) groups excluding carboxylic acids is 1. The Balaban J connectivity index is 2.00. The van der Waals surface area contributed by atoms with Crippen molar-refractivity contribution in [2.24, 2.45) is 4.99 Å². The van der Waals surface area contributed by atoms with E-state index in [1.807, 2.05) is 11.4 Å². The molecule has 23 heavy (non-hydrogen) atoms. The van der Waals surface area contributed by atoms with E-state index in [0.717, 1.165) is 9.35 Å². The second-order valence-electron chi connectivity index (χ2n) is 4.42. The minimum atomic E-state index is -0.632. The van der Waals surface area contributed by atoms with Gasteiger partial charge in [-0.15, -0.1) is 11.3 Å². The number of nitro groups is 1. The van der Waals surface area contributed by atoms with Gasteiger partial charge in [0.1, 0.15) is 0 Å². The number of nitrogens with zero attached hydrogens (tertiary/aromatic N) is 2. The molecule has 2 aromatic rings. The van der Waals surface area contributed by atoms with Gasteiger partial charge in [0, 0.05) is 26.9 Å². The number of non-ortho nitro benzene ring substituents is 1. The van der Waals surface area contributed by atoms with Gasteiger partial charge >= 0.3 is 5.97 Å². The average Bonchev–Trinajstić information content (AvgIpc) is 3.06. The summed E-state index contributed by atoms with van der Waals surface area (Å²) in [5.41, 5.74) is 0.143. The third kappa shape index (κ3) is 3.34. The molecular weight excluding hydrogens is 408 g/mol. The molecule has 0 unspecified atom stereocenters. The molecule has 0 radical (unpaired) electrons. The Kier molecular flexibility index (Phi) is 4.29. The van der Waals surface area contributed by atoms with E-state index in [2.05, 4.69) is 20.9 Å². The zero-order chi connectivity index (χ0) is 16.6. The number of ether oxygens (including phenoxy) is 1. The molecule has 0 bridgehead atoms. The lowest BCUT2D eigenvalue weighted by molar-refractivity contribution is -0.384. The number of nitro benzene ring substituents is 1. The molecule has 0 aliphatic carbocycles. The molecule has 0 saturated carbocycles. The third-order valence-corrected chi connectivity index (χ3v) is 4.85. The number of cyclic esters (lactones) is 1. The Morgan fingerprint density at radius 1 is 1.39 bits per heavy atom. The number of aliphatic imine (C=N–C) groups is 1. The number of hydrogen-bond donors (Lipinski definition) is 0. The molecule has 6 nitrogen and oxygen atoms in total. The number of hydrogen-bond acceptors (Lipinski definition) is 6. The van der Waals surface area contributed by atoms with Crippen LogP contribution in [-0.2, 0) is 9.53 Å². The smallest absolute Gasteiger partial charge is 0.363 e. The van der Waals surface area contributed by atoms with Gasteiger partial charge in [-0.25, -0.2) is 9.79 Å². The number of benzene rings is 1. The molecule has 116 valence electrons. The van der Waals surface area contributed by atoms with Crippen molar-refractivity contribution in [3.63, 3.8) is 0 Å². The van der Waals surface area contributed by atoms with E-state index < -0.39 is 10.9 Å². The van der Waals surface area contributed by atoms with Crippen molar-refractivity contribution in [1.29, 1.82) is 0 Å². The van der Waals surface area contributed by atoms with Gasteiger partial charge in [0.05, 0.1) is 15.5 Å². The zero-order valence-corrected chi connectivity index (χ0v) is 14.3. The Morgan fingerprint density at radius 3 is 2.83 bits per heavy atom. The predicted octanol–water partition coefficient (Wildman–Crippen LogP) is 4.42. The summed E-state index contributed by atoms with van der Waals surface area (Å²) >= 11 is 10.8. The molecule has 0 fully saturated rings. The fourth-order valence-electron chi connectivity index (χ4n) is 1.85. The molecule has 3 rings (SSSR count). The molecule has 2 heterocycles. The number of carbonyl (C=O) groups is 1. The molecular formula is C14H6BrClN2O4S. The first-order valence-corrected chi connectivity index (χ1v) is 8.20. The van der Waals surface area contributed by atoms with Crippen molar-refractivity contribution in [3.8, 4) is 0 Å². The van der Waals surface area contributed by atoms with Crippen molar-refractivity contribution in [3.05, 3.63) is 65.4 Å². The second-order valence-corrected chi connectivity index (χ2v) is 6.69. The maximum absolute atomic E-state index is 11.9. The Hall–Kier alpha value is -2.03. The van der Waals surface area contributed by atoms with Crippen LogP contribution in [0.4, 0.5) is 5.69 Å². The van der Waals surface area contributed by atoms with E-state index in [1.54, 1.807) is 6.08 Å². The van der Waals surface area contributed by atoms with Crippen LogP contribution in [0.1, 0.15) is 10.4 Å². The first-order valence-electron chi connectivity index (χ1n) is 6.15. The summed E-state index contributed by atoms with van der Waals surface area (Å²) in [4.78, 5) is 27.1. The second kappa shape index (κ2) is 6.23. The minimum Gasteiger partial charge on any atom is -0.402 e. The topological polar surface area (TPSA) is 81.8 Å². The van der Waals surface area contributed by atoms with Gasteiger partial charge in [-0.2, -0.15) is 0 Å². The highest BCUT2D eigenvalue weighted by atomic mass is 79.9. The number of rotatable bonds is 3. The number of esters is 1. The molecule has 0 spiro atoms. The van der Waals surface area contributed by atoms with Crippen molar-refractivity contribution in [2.45, 2.75) is 0 Å². The van der Waals surface area contributed by atoms with Crippen LogP contribution in [-0.4, -0.2) is 16.8 Å². The first-order chi connectivity index (χ1) is 10.9. The van der Waals surface area contributed by atoms with Crippen molar-refractivity contribution >= 4 is 62.5 Å². The highest BCUT2D eigenvalue weighted by Gasteiger charge is 2.27. The van der Waals surface area contributed by atoms with E-state index in [0.29, 0.717) is 0 Å². The van der Waals surface area contributed by atoms with E-state index in [1.165, 1.54) is 29.5 Å². The van der Waals surface area contributed by atoms with Crippen LogP contribution in [0.5, 0.6) is 0 Å². The Bertz CT molecular complexity index is 891. The maximum atomic E-state index is 11.9. The SMILES string of the molecule is O=C1OC(c2cc([N+](=O)[O-])ccc2Cl)=NC1=Cc1cc(Br)cs1. The molecule has 0 saturated heterocycles. The van der Waals surface area contributed by atoms with E-state index in [-0.39, 0.29) is 27.9 Å². The molecule has 1 aliphatic rings. The summed E-state index contributed by atoms with van der Waals surface area (Å²) < 4.78 is 5.98. The van der Waals surface area contributed by atoms with Crippen molar-refractivity contribution in [1.82, 2.24) is 0 Å². The van der Waals surface area contributed by atoms with Crippen LogP contribution in [0.2, 0.25) is 5.02 Å². The van der Waals surface area contributed by atoms with Crippen molar-refractivity contribution < 1.29 is 14.5 Å². The van der Waals surface area contributed by atoms with E-state index >= 15 is 0 Å². The first kappa shape index (κ1) is 15.9. The molecule has 0 amide bonds. The highest BCUT2D eigenvalue weighted by Crippen LogP contribution is 2.28. The molecule has 1 aromatic carbocycles.